The van der Waals surface area contributed by atoms with Crippen LogP contribution in [0.5, 0.6) is 0 Å². The summed E-state index contributed by atoms with van der Waals surface area (Å²) < 4.78 is 0. The third-order valence-corrected chi connectivity index (χ3v) is 3.70. The SMILES string of the molecule is CC1(C)CCc2nc3ncc(C=O)cc3cc2C1. The lowest BCUT2D eigenvalue weighted by atomic mass is 9.76. The smallest absolute Gasteiger partial charge is 0.159 e. The maximum Gasteiger partial charge on any atom is 0.159 e. The summed E-state index contributed by atoms with van der Waals surface area (Å²) in [6.45, 7) is 4.58. The van der Waals surface area contributed by atoms with Gasteiger partial charge in [-0.15, -0.1) is 0 Å². The zero-order valence-electron chi connectivity index (χ0n) is 10.7. The molecule has 92 valence electrons. The molecule has 0 fully saturated rings. The molecule has 0 aliphatic heterocycles. The highest BCUT2D eigenvalue weighted by Crippen LogP contribution is 2.34. The van der Waals surface area contributed by atoms with Gasteiger partial charge in [-0.25, -0.2) is 9.97 Å². The van der Waals surface area contributed by atoms with Crippen LogP contribution in [0.15, 0.2) is 18.3 Å². The molecule has 2 aromatic heterocycles. The summed E-state index contributed by atoms with van der Waals surface area (Å²) in [6, 6.07) is 4.02. The average Bonchev–Trinajstić information content (AvgIpc) is 2.34. The maximum atomic E-state index is 10.8. The summed E-state index contributed by atoms with van der Waals surface area (Å²) in [5, 5.41) is 0.969. The van der Waals surface area contributed by atoms with Crippen LogP contribution in [0, 0.1) is 5.41 Å². The number of hydrogen-bond acceptors (Lipinski definition) is 3. The van der Waals surface area contributed by atoms with E-state index < -0.39 is 0 Å². The van der Waals surface area contributed by atoms with Gasteiger partial charge >= 0.3 is 0 Å². The molecule has 0 saturated carbocycles. The lowest BCUT2D eigenvalue weighted by Gasteiger charge is -2.30. The molecule has 3 nitrogen and oxygen atoms in total. The van der Waals surface area contributed by atoms with E-state index in [0.717, 1.165) is 30.2 Å². The number of aldehydes is 1. The van der Waals surface area contributed by atoms with Crippen molar-refractivity contribution in [2.24, 2.45) is 5.41 Å². The quantitative estimate of drug-likeness (QED) is 0.720. The third-order valence-electron chi connectivity index (χ3n) is 3.70. The van der Waals surface area contributed by atoms with Gasteiger partial charge in [-0.2, -0.15) is 0 Å². The van der Waals surface area contributed by atoms with E-state index in [1.54, 1.807) is 6.20 Å². The van der Waals surface area contributed by atoms with Gasteiger partial charge in [0.2, 0.25) is 0 Å². The molecule has 0 spiro atoms. The number of aryl methyl sites for hydroxylation is 1. The normalized spacial score (nSPS) is 17.4. The molecule has 1 aliphatic rings. The summed E-state index contributed by atoms with van der Waals surface area (Å²) in [5.74, 6) is 0. The molecule has 3 rings (SSSR count). The zero-order chi connectivity index (χ0) is 12.8. The molecule has 0 aromatic carbocycles. The molecule has 0 atom stereocenters. The lowest BCUT2D eigenvalue weighted by molar-refractivity contribution is 0.112. The average molecular weight is 240 g/mol. The molecule has 0 amide bonds. The molecule has 2 heterocycles. The Morgan fingerprint density at radius 3 is 2.94 bits per heavy atom. The summed E-state index contributed by atoms with van der Waals surface area (Å²) in [6.07, 6.45) is 5.66. The number of aromatic nitrogens is 2. The second-order valence-electron chi connectivity index (χ2n) is 5.87. The van der Waals surface area contributed by atoms with Gasteiger partial charge in [0.15, 0.2) is 11.9 Å². The number of rotatable bonds is 1. The van der Waals surface area contributed by atoms with E-state index in [1.807, 2.05) is 6.07 Å². The Hall–Kier alpha value is -1.77. The first kappa shape index (κ1) is 11.3. The van der Waals surface area contributed by atoms with Crippen molar-refractivity contribution >= 4 is 17.3 Å². The lowest BCUT2D eigenvalue weighted by Crippen LogP contribution is -2.23. The van der Waals surface area contributed by atoms with Crippen LogP contribution in [0.2, 0.25) is 0 Å². The summed E-state index contributed by atoms with van der Waals surface area (Å²) >= 11 is 0. The van der Waals surface area contributed by atoms with Crippen LogP contribution in [0.25, 0.3) is 11.0 Å². The van der Waals surface area contributed by atoms with E-state index >= 15 is 0 Å². The van der Waals surface area contributed by atoms with E-state index in [-0.39, 0.29) is 0 Å². The molecular formula is C15H16N2O. The van der Waals surface area contributed by atoms with Crippen molar-refractivity contribution in [2.45, 2.75) is 33.1 Å². The summed E-state index contributed by atoms with van der Waals surface area (Å²) in [5.41, 5.74) is 4.19. The van der Waals surface area contributed by atoms with Gasteiger partial charge in [0, 0.05) is 22.8 Å². The van der Waals surface area contributed by atoms with Crippen LogP contribution in [0.1, 0.15) is 41.9 Å². The summed E-state index contributed by atoms with van der Waals surface area (Å²) in [4.78, 5) is 19.7. The molecule has 0 bridgehead atoms. The van der Waals surface area contributed by atoms with Crippen molar-refractivity contribution in [2.75, 3.05) is 0 Å². The van der Waals surface area contributed by atoms with Crippen LogP contribution in [-0.4, -0.2) is 16.3 Å². The number of hydrogen-bond donors (Lipinski definition) is 0. The van der Waals surface area contributed by atoms with Crippen molar-refractivity contribution in [3.63, 3.8) is 0 Å². The third kappa shape index (κ3) is 1.90. The van der Waals surface area contributed by atoms with Gasteiger partial charge in [0.05, 0.1) is 0 Å². The molecule has 1 aliphatic carbocycles. The second kappa shape index (κ2) is 3.87. The second-order valence-corrected chi connectivity index (χ2v) is 5.87. The molecule has 0 unspecified atom stereocenters. The van der Waals surface area contributed by atoms with E-state index in [9.17, 15) is 4.79 Å². The van der Waals surface area contributed by atoms with Crippen LogP contribution in [-0.2, 0) is 12.8 Å². The molecule has 0 radical (unpaired) electrons. The van der Waals surface area contributed by atoms with Crippen molar-refractivity contribution in [1.29, 1.82) is 0 Å². The van der Waals surface area contributed by atoms with Gasteiger partial charge in [-0.1, -0.05) is 13.8 Å². The largest absolute Gasteiger partial charge is 0.298 e. The first-order valence-electron chi connectivity index (χ1n) is 6.31. The van der Waals surface area contributed by atoms with Crippen molar-refractivity contribution in [1.82, 2.24) is 9.97 Å². The van der Waals surface area contributed by atoms with Gasteiger partial charge in [-0.05, 0) is 42.4 Å². The zero-order valence-corrected chi connectivity index (χ0v) is 10.7. The Morgan fingerprint density at radius 2 is 2.17 bits per heavy atom. The standard InChI is InChI=1S/C15H16N2O/c1-15(2)4-3-13-12(7-15)6-11-5-10(9-18)8-16-14(11)17-13/h5-6,8-9H,3-4,7H2,1-2H3. The monoisotopic (exact) mass is 240 g/mol. The minimum atomic E-state index is 0.345. The Labute approximate surface area is 106 Å². The van der Waals surface area contributed by atoms with Crippen LogP contribution >= 0.6 is 0 Å². The first-order valence-corrected chi connectivity index (χ1v) is 6.31. The Morgan fingerprint density at radius 1 is 1.33 bits per heavy atom. The van der Waals surface area contributed by atoms with Crippen molar-refractivity contribution < 1.29 is 4.79 Å². The molecule has 0 saturated heterocycles. The highest BCUT2D eigenvalue weighted by atomic mass is 16.1. The topological polar surface area (TPSA) is 42.9 Å². The fourth-order valence-corrected chi connectivity index (χ4v) is 2.66. The minimum Gasteiger partial charge on any atom is -0.298 e. The number of pyridine rings is 2. The minimum absolute atomic E-state index is 0.345. The number of carbonyl (C=O) groups excluding carboxylic acids is 1. The van der Waals surface area contributed by atoms with Gasteiger partial charge in [0.1, 0.15) is 0 Å². The Bertz CT molecular complexity index is 632. The highest BCUT2D eigenvalue weighted by molar-refractivity contribution is 5.84. The number of nitrogens with zero attached hydrogens (tertiary/aromatic N) is 2. The van der Waals surface area contributed by atoms with Gasteiger partial charge in [0.25, 0.3) is 0 Å². The van der Waals surface area contributed by atoms with Crippen molar-refractivity contribution in [3.8, 4) is 0 Å². The molecular weight excluding hydrogens is 224 g/mol. The fraction of sp³-hybridized carbons (Fsp3) is 0.400. The van der Waals surface area contributed by atoms with Crippen LogP contribution < -0.4 is 0 Å². The molecule has 2 aromatic rings. The number of fused-ring (bicyclic) bond motifs is 2. The van der Waals surface area contributed by atoms with E-state index in [4.69, 9.17) is 0 Å². The Kier molecular flexibility index (Phi) is 2.44. The van der Waals surface area contributed by atoms with Gasteiger partial charge < -0.3 is 0 Å². The predicted molar refractivity (Wildman–Crippen MR) is 70.7 cm³/mol. The molecule has 0 N–H and O–H groups in total. The van der Waals surface area contributed by atoms with E-state index in [1.165, 1.54) is 17.7 Å². The van der Waals surface area contributed by atoms with Crippen LogP contribution in [0.3, 0.4) is 0 Å². The van der Waals surface area contributed by atoms with Gasteiger partial charge in [-0.3, -0.25) is 4.79 Å². The van der Waals surface area contributed by atoms with E-state index in [0.29, 0.717) is 11.0 Å². The van der Waals surface area contributed by atoms with Crippen molar-refractivity contribution in [3.05, 3.63) is 35.2 Å². The summed E-state index contributed by atoms with van der Waals surface area (Å²) in [7, 11) is 0. The van der Waals surface area contributed by atoms with E-state index in [2.05, 4.69) is 29.9 Å². The van der Waals surface area contributed by atoms with Crippen LogP contribution in [0.4, 0.5) is 0 Å². The molecule has 3 heteroatoms. The predicted octanol–water partition coefficient (Wildman–Crippen LogP) is 2.96. The first-order chi connectivity index (χ1) is 8.57. The maximum absolute atomic E-state index is 10.8. The number of carbonyl (C=O) groups is 1. The Balaban J connectivity index is 2.16. The fourth-order valence-electron chi connectivity index (χ4n) is 2.66. The molecule has 18 heavy (non-hydrogen) atoms. The highest BCUT2D eigenvalue weighted by Gasteiger charge is 2.26.